The Morgan fingerprint density at radius 1 is 1.04 bits per heavy atom. The van der Waals surface area contributed by atoms with Crippen LogP contribution in [-0.2, 0) is 24.1 Å². The van der Waals surface area contributed by atoms with Gasteiger partial charge in [0.2, 0.25) is 5.91 Å². The summed E-state index contributed by atoms with van der Waals surface area (Å²) >= 11 is 1.12. The molecular formula is C21H24N2O2S. The van der Waals surface area contributed by atoms with Crippen LogP contribution in [0.1, 0.15) is 29.5 Å². The predicted molar refractivity (Wildman–Crippen MR) is 107 cm³/mol. The third kappa shape index (κ3) is 4.67. The molecule has 2 aromatic rings. The molecule has 0 fully saturated rings. The summed E-state index contributed by atoms with van der Waals surface area (Å²) in [6.07, 6.45) is 5.08. The number of nitrogens with zero attached hydrogens (tertiary/aromatic N) is 1. The fourth-order valence-electron chi connectivity index (χ4n) is 3.12. The first-order valence-corrected chi connectivity index (χ1v) is 9.73. The van der Waals surface area contributed by atoms with Crippen LogP contribution in [0.25, 0.3) is 0 Å². The van der Waals surface area contributed by atoms with Crippen LogP contribution in [-0.4, -0.2) is 30.1 Å². The van der Waals surface area contributed by atoms with E-state index >= 15 is 0 Å². The number of carbonyl (C=O) groups excluding carboxylic acids is 2. The molecule has 1 aliphatic rings. The van der Waals surface area contributed by atoms with E-state index < -0.39 is 0 Å². The Balaban J connectivity index is 1.68. The highest BCUT2D eigenvalue weighted by atomic mass is 32.2. The minimum absolute atomic E-state index is 0.0638. The van der Waals surface area contributed by atoms with Gasteiger partial charge in [0.1, 0.15) is 0 Å². The maximum absolute atomic E-state index is 12.5. The summed E-state index contributed by atoms with van der Waals surface area (Å²) in [5.74, 6) is -0.0638. The van der Waals surface area contributed by atoms with Crippen LogP contribution < -0.4 is 5.32 Å². The first kappa shape index (κ1) is 18.5. The Morgan fingerprint density at radius 3 is 2.54 bits per heavy atom. The van der Waals surface area contributed by atoms with Gasteiger partial charge in [0.25, 0.3) is 5.24 Å². The van der Waals surface area contributed by atoms with Crippen molar-refractivity contribution in [3.8, 4) is 0 Å². The van der Waals surface area contributed by atoms with E-state index in [4.69, 9.17) is 0 Å². The largest absolute Gasteiger partial charge is 0.339 e. The number of hydrogen-bond acceptors (Lipinski definition) is 3. The number of nitrogens with one attached hydrogen (secondary N) is 1. The van der Waals surface area contributed by atoms with Gasteiger partial charge in [0, 0.05) is 19.0 Å². The van der Waals surface area contributed by atoms with Crippen LogP contribution in [0.3, 0.4) is 0 Å². The number of thioether (sulfide) groups is 1. The van der Waals surface area contributed by atoms with E-state index in [2.05, 4.69) is 23.5 Å². The number of benzene rings is 2. The normalized spacial score (nSPS) is 13.0. The molecule has 0 unspecified atom stereocenters. The molecule has 2 amide bonds. The lowest BCUT2D eigenvalue weighted by Gasteiger charge is -2.17. The van der Waals surface area contributed by atoms with Crippen molar-refractivity contribution in [3.05, 3.63) is 59.2 Å². The molecule has 136 valence electrons. The summed E-state index contributed by atoms with van der Waals surface area (Å²) in [6.45, 7) is 0. The zero-order chi connectivity index (χ0) is 18.5. The van der Waals surface area contributed by atoms with Gasteiger partial charge in [-0.25, -0.2) is 0 Å². The summed E-state index contributed by atoms with van der Waals surface area (Å²) in [5.41, 5.74) is 4.52. The van der Waals surface area contributed by atoms with Gasteiger partial charge >= 0.3 is 0 Å². The van der Waals surface area contributed by atoms with Crippen LogP contribution in [0.15, 0.2) is 47.4 Å². The molecule has 0 atom stereocenters. The summed E-state index contributed by atoms with van der Waals surface area (Å²) in [5, 5.41) is 2.88. The van der Waals surface area contributed by atoms with Crippen molar-refractivity contribution in [2.75, 3.05) is 19.4 Å². The Morgan fingerprint density at radius 2 is 1.77 bits per heavy atom. The first-order chi connectivity index (χ1) is 12.5. The van der Waals surface area contributed by atoms with E-state index in [-0.39, 0.29) is 11.1 Å². The fraction of sp³-hybridized carbons (Fsp3) is 0.333. The van der Waals surface area contributed by atoms with E-state index in [0.717, 1.165) is 35.1 Å². The third-order valence-corrected chi connectivity index (χ3v) is 5.62. The Labute approximate surface area is 159 Å². The molecule has 1 aliphatic carbocycles. The van der Waals surface area contributed by atoms with Crippen molar-refractivity contribution < 1.29 is 9.59 Å². The van der Waals surface area contributed by atoms with E-state index in [0.29, 0.717) is 12.1 Å². The van der Waals surface area contributed by atoms with Crippen molar-refractivity contribution in [2.45, 2.75) is 37.0 Å². The van der Waals surface area contributed by atoms with Crippen LogP contribution in [0.4, 0.5) is 10.5 Å². The average molecular weight is 369 g/mol. The molecule has 0 saturated heterocycles. The number of aryl methyl sites for hydroxylation is 2. The number of fused-ring (bicyclic) bond motifs is 1. The van der Waals surface area contributed by atoms with Crippen molar-refractivity contribution in [1.29, 1.82) is 0 Å². The Hall–Kier alpha value is -2.27. The second-order valence-corrected chi connectivity index (χ2v) is 7.79. The van der Waals surface area contributed by atoms with Crippen LogP contribution in [0, 0.1) is 0 Å². The third-order valence-electron chi connectivity index (χ3n) is 4.50. The molecule has 0 spiro atoms. The molecule has 26 heavy (non-hydrogen) atoms. The minimum Gasteiger partial charge on any atom is -0.339 e. The molecule has 3 rings (SSSR count). The second kappa shape index (κ2) is 8.41. The number of hydrogen-bond donors (Lipinski definition) is 1. The smallest absolute Gasteiger partial charge is 0.286 e. The molecule has 0 heterocycles. The first-order valence-electron chi connectivity index (χ1n) is 8.91. The Kier molecular flexibility index (Phi) is 5.99. The monoisotopic (exact) mass is 368 g/mol. The molecule has 0 radical (unpaired) electrons. The van der Waals surface area contributed by atoms with E-state index in [1.807, 2.05) is 24.3 Å². The number of anilines is 1. The fourth-order valence-corrected chi connectivity index (χ4v) is 3.87. The predicted octanol–water partition coefficient (Wildman–Crippen LogP) is 4.52. The van der Waals surface area contributed by atoms with Gasteiger partial charge in [0.15, 0.2) is 0 Å². The van der Waals surface area contributed by atoms with E-state index in [1.54, 1.807) is 14.1 Å². The number of rotatable bonds is 4. The van der Waals surface area contributed by atoms with Gasteiger partial charge < -0.3 is 10.2 Å². The molecule has 0 bridgehead atoms. The van der Waals surface area contributed by atoms with Crippen molar-refractivity contribution >= 4 is 28.6 Å². The van der Waals surface area contributed by atoms with E-state index in [1.165, 1.54) is 28.9 Å². The molecule has 4 nitrogen and oxygen atoms in total. The average Bonchev–Trinajstić information content (AvgIpc) is 2.63. The number of para-hydroxylation sites is 1. The summed E-state index contributed by atoms with van der Waals surface area (Å²) in [6, 6.07) is 13.8. The Bertz CT molecular complexity index is 817. The number of amides is 2. The second-order valence-electron chi connectivity index (χ2n) is 6.79. The van der Waals surface area contributed by atoms with Gasteiger partial charge in [0.05, 0.1) is 12.1 Å². The lowest BCUT2D eigenvalue weighted by atomic mass is 9.90. The van der Waals surface area contributed by atoms with Gasteiger partial charge in [-0.15, -0.1) is 0 Å². The van der Waals surface area contributed by atoms with Crippen LogP contribution in [0.2, 0.25) is 0 Å². The topological polar surface area (TPSA) is 49.4 Å². The molecule has 0 aliphatic heterocycles. The highest BCUT2D eigenvalue weighted by molar-refractivity contribution is 8.13. The van der Waals surface area contributed by atoms with Crippen molar-refractivity contribution in [1.82, 2.24) is 4.90 Å². The molecular weight excluding hydrogens is 344 g/mol. The molecule has 2 aromatic carbocycles. The quantitative estimate of drug-likeness (QED) is 0.807. The van der Waals surface area contributed by atoms with Gasteiger partial charge in [-0.1, -0.05) is 30.3 Å². The highest BCUT2D eigenvalue weighted by Gasteiger charge is 2.14. The van der Waals surface area contributed by atoms with Crippen molar-refractivity contribution in [3.63, 3.8) is 0 Å². The summed E-state index contributed by atoms with van der Waals surface area (Å²) in [4.78, 5) is 26.7. The summed E-state index contributed by atoms with van der Waals surface area (Å²) < 4.78 is 0. The maximum atomic E-state index is 12.5. The highest BCUT2D eigenvalue weighted by Crippen LogP contribution is 2.29. The summed E-state index contributed by atoms with van der Waals surface area (Å²) in [7, 11) is 3.43. The van der Waals surface area contributed by atoms with Crippen LogP contribution >= 0.6 is 11.8 Å². The zero-order valence-corrected chi connectivity index (χ0v) is 16.1. The van der Waals surface area contributed by atoms with E-state index in [9.17, 15) is 9.59 Å². The van der Waals surface area contributed by atoms with Crippen LogP contribution in [0.5, 0.6) is 0 Å². The molecule has 0 saturated carbocycles. The SMILES string of the molecule is CN(C)C(=O)Sc1ccccc1NC(=O)Cc1ccc2c(c1)CCCC2. The van der Waals surface area contributed by atoms with Crippen molar-refractivity contribution in [2.24, 2.45) is 0 Å². The van der Waals surface area contributed by atoms with Gasteiger partial charge in [-0.05, 0) is 66.3 Å². The lowest BCUT2D eigenvalue weighted by Crippen LogP contribution is -2.18. The lowest BCUT2D eigenvalue weighted by molar-refractivity contribution is -0.115. The standard InChI is InChI=1S/C21H24N2O2S/c1-23(2)21(25)26-19-10-6-5-9-18(19)22-20(24)14-15-11-12-16-7-3-4-8-17(16)13-15/h5-6,9-13H,3-4,7-8,14H2,1-2H3,(H,22,24). The molecule has 1 N–H and O–H groups in total. The molecule has 0 aromatic heterocycles. The molecule has 5 heteroatoms. The maximum Gasteiger partial charge on any atom is 0.286 e. The van der Waals surface area contributed by atoms with Gasteiger partial charge in [-0.3, -0.25) is 9.59 Å². The minimum atomic E-state index is -0.0682. The van der Waals surface area contributed by atoms with Gasteiger partial charge in [-0.2, -0.15) is 0 Å². The number of carbonyl (C=O) groups is 2. The zero-order valence-electron chi connectivity index (χ0n) is 15.2.